The van der Waals surface area contributed by atoms with E-state index < -0.39 is 0 Å². The zero-order chi connectivity index (χ0) is 46.5. The van der Waals surface area contributed by atoms with Crippen molar-refractivity contribution in [2.75, 3.05) is 52.9 Å². The number of aliphatic hydroxyl groups excluding tert-OH is 2. The SMILES string of the molecule is OCCOc1ccc2ccccc2c1-c1c(OCCOc2ccc3sc4ccc(OCCOc5ccc6ccccc6c5-c5c(OCCO)ccc6ccccc56)cc4c3c2)ccc2ccccc12. The van der Waals surface area contributed by atoms with E-state index in [1.54, 1.807) is 11.3 Å². The highest BCUT2D eigenvalue weighted by molar-refractivity contribution is 7.25. The minimum absolute atomic E-state index is 0.0892. The predicted molar refractivity (Wildman–Crippen MR) is 280 cm³/mol. The van der Waals surface area contributed by atoms with E-state index in [4.69, 9.17) is 28.4 Å². The Morgan fingerprint density at radius 2 is 0.594 bits per heavy atom. The molecule has 342 valence electrons. The van der Waals surface area contributed by atoms with Gasteiger partial charge in [0.1, 0.15) is 74.1 Å². The van der Waals surface area contributed by atoms with E-state index in [2.05, 4.69) is 84.9 Å². The smallest absolute Gasteiger partial charge is 0.128 e. The Morgan fingerprint density at radius 3 is 0.928 bits per heavy atom. The Kier molecular flexibility index (Phi) is 12.5. The molecule has 1 aromatic heterocycles. The van der Waals surface area contributed by atoms with Crippen molar-refractivity contribution in [2.45, 2.75) is 0 Å². The van der Waals surface area contributed by atoms with Crippen LogP contribution in [0.3, 0.4) is 0 Å². The highest BCUT2D eigenvalue weighted by atomic mass is 32.1. The first-order valence-electron chi connectivity index (χ1n) is 23.2. The maximum Gasteiger partial charge on any atom is 0.128 e. The van der Waals surface area contributed by atoms with Gasteiger partial charge in [-0.25, -0.2) is 0 Å². The van der Waals surface area contributed by atoms with Crippen LogP contribution in [0.1, 0.15) is 0 Å². The van der Waals surface area contributed by atoms with E-state index in [0.717, 1.165) is 109 Å². The summed E-state index contributed by atoms with van der Waals surface area (Å²) < 4.78 is 40.5. The molecule has 2 N–H and O–H groups in total. The first-order chi connectivity index (χ1) is 34.1. The average Bonchev–Trinajstić information content (AvgIpc) is 3.76. The van der Waals surface area contributed by atoms with Gasteiger partial charge in [-0.15, -0.1) is 11.3 Å². The highest BCUT2D eigenvalue weighted by Crippen LogP contribution is 2.47. The molecule has 0 aliphatic heterocycles. The van der Waals surface area contributed by atoms with Crippen LogP contribution >= 0.6 is 11.3 Å². The van der Waals surface area contributed by atoms with Crippen LogP contribution in [0.25, 0.3) is 85.5 Å². The van der Waals surface area contributed by atoms with Crippen molar-refractivity contribution < 1.29 is 38.6 Å². The van der Waals surface area contributed by atoms with Crippen LogP contribution < -0.4 is 28.4 Å². The van der Waals surface area contributed by atoms with Crippen LogP contribution in [-0.2, 0) is 0 Å². The number of thiophene rings is 1. The van der Waals surface area contributed by atoms with Gasteiger partial charge >= 0.3 is 0 Å². The standard InChI is InChI=1S/C60H48O8S/c61-29-31-65-51-23-17-39-9-1-5-13-45(39)57(51)59-47-15-7-3-11-41(47)19-25-53(59)67-35-33-63-43-21-27-55-49(37-43)50-38-44(22-28-56(50)69-55)64-34-36-68-54-26-20-42-12-4-8-16-48(42)60(54)58-46-14-6-2-10-40(46)18-24-52(58)66-32-30-62/h1-28,37-38,61-62H,29-36H2. The number of fused-ring (bicyclic) bond motifs is 7. The van der Waals surface area contributed by atoms with Crippen LogP contribution in [0.2, 0.25) is 0 Å². The van der Waals surface area contributed by atoms with E-state index in [-0.39, 0.29) is 26.4 Å². The number of hydrogen-bond donors (Lipinski definition) is 2. The van der Waals surface area contributed by atoms with Gasteiger partial charge in [0.2, 0.25) is 0 Å². The molecule has 0 spiro atoms. The van der Waals surface area contributed by atoms with Crippen LogP contribution in [0.15, 0.2) is 182 Å². The zero-order valence-electron chi connectivity index (χ0n) is 37.7. The Balaban J connectivity index is 0.803. The Hall–Kier alpha value is -7.82. The highest BCUT2D eigenvalue weighted by Gasteiger charge is 2.21. The molecule has 0 atom stereocenters. The minimum Gasteiger partial charge on any atom is -0.491 e. The summed E-state index contributed by atoms with van der Waals surface area (Å²) in [5.74, 6) is 4.32. The Labute approximate surface area is 403 Å². The quantitative estimate of drug-likeness (QED) is 0.0822. The van der Waals surface area contributed by atoms with Gasteiger partial charge < -0.3 is 38.6 Å². The fourth-order valence-electron chi connectivity index (χ4n) is 9.37. The van der Waals surface area contributed by atoms with E-state index in [9.17, 15) is 10.2 Å². The number of aliphatic hydroxyl groups is 2. The fourth-order valence-corrected chi connectivity index (χ4v) is 10.4. The molecule has 11 rings (SSSR count). The van der Waals surface area contributed by atoms with Crippen molar-refractivity contribution in [3.63, 3.8) is 0 Å². The van der Waals surface area contributed by atoms with Gasteiger partial charge in [-0.1, -0.05) is 121 Å². The largest absolute Gasteiger partial charge is 0.491 e. The average molecular weight is 929 g/mol. The molecule has 0 bridgehead atoms. The molecule has 10 aromatic carbocycles. The second kappa shape index (κ2) is 19.8. The van der Waals surface area contributed by atoms with Gasteiger partial charge in [0.05, 0.1) is 13.2 Å². The molecule has 0 fully saturated rings. The molecule has 0 saturated carbocycles. The molecule has 69 heavy (non-hydrogen) atoms. The summed E-state index contributed by atoms with van der Waals surface area (Å²) in [6.07, 6.45) is 0. The summed E-state index contributed by atoms with van der Waals surface area (Å²) in [6, 6.07) is 61.7. The lowest BCUT2D eigenvalue weighted by Gasteiger charge is -2.19. The molecular weight excluding hydrogens is 881 g/mol. The number of hydrogen-bond acceptors (Lipinski definition) is 9. The molecule has 0 radical (unpaired) electrons. The molecule has 1 heterocycles. The van der Waals surface area contributed by atoms with Crippen molar-refractivity contribution in [1.29, 1.82) is 0 Å². The monoisotopic (exact) mass is 928 g/mol. The third-order valence-corrected chi connectivity index (χ3v) is 13.5. The van der Waals surface area contributed by atoms with E-state index >= 15 is 0 Å². The van der Waals surface area contributed by atoms with Crippen molar-refractivity contribution >= 4 is 74.6 Å². The number of rotatable bonds is 18. The van der Waals surface area contributed by atoms with Gasteiger partial charge in [0.25, 0.3) is 0 Å². The molecule has 0 aliphatic rings. The molecular formula is C60H48O8S. The third-order valence-electron chi connectivity index (χ3n) is 12.4. The van der Waals surface area contributed by atoms with Crippen LogP contribution in [0, 0.1) is 0 Å². The summed E-state index contributed by atoms with van der Waals surface area (Å²) in [7, 11) is 0. The van der Waals surface area contributed by atoms with Crippen molar-refractivity contribution in [2.24, 2.45) is 0 Å². The summed E-state index contributed by atoms with van der Waals surface area (Å²) in [5, 5.41) is 30.0. The first kappa shape index (κ1) is 43.7. The second-order valence-corrected chi connectivity index (χ2v) is 17.7. The van der Waals surface area contributed by atoms with Gasteiger partial charge in [0, 0.05) is 42.4 Å². The predicted octanol–water partition coefficient (Wildman–Crippen LogP) is 13.7. The van der Waals surface area contributed by atoms with Gasteiger partial charge in [-0.05, 0) is 104 Å². The summed E-state index contributed by atoms with van der Waals surface area (Å²) in [6.45, 7) is 1.46. The lowest BCUT2D eigenvalue weighted by atomic mass is 9.92. The minimum atomic E-state index is -0.0892. The molecule has 8 nitrogen and oxygen atoms in total. The molecule has 11 aromatic rings. The first-order valence-corrected chi connectivity index (χ1v) is 24.0. The Morgan fingerprint density at radius 1 is 0.290 bits per heavy atom. The van der Waals surface area contributed by atoms with E-state index in [1.807, 2.05) is 97.1 Å². The lowest BCUT2D eigenvalue weighted by molar-refractivity contribution is 0.202. The maximum atomic E-state index is 9.67. The second-order valence-electron chi connectivity index (χ2n) is 16.6. The lowest BCUT2D eigenvalue weighted by Crippen LogP contribution is -2.10. The number of benzene rings is 10. The van der Waals surface area contributed by atoms with Gasteiger partial charge in [-0.2, -0.15) is 0 Å². The van der Waals surface area contributed by atoms with Crippen LogP contribution in [-0.4, -0.2) is 63.1 Å². The van der Waals surface area contributed by atoms with Crippen molar-refractivity contribution in [3.8, 4) is 56.8 Å². The molecule has 0 unspecified atom stereocenters. The zero-order valence-corrected chi connectivity index (χ0v) is 38.5. The topological polar surface area (TPSA) is 95.8 Å². The van der Waals surface area contributed by atoms with Gasteiger partial charge in [0.15, 0.2) is 0 Å². The summed E-state index contributed by atoms with van der Waals surface area (Å²) >= 11 is 1.74. The van der Waals surface area contributed by atoms with Crippen molar-refractivity contribution in [1.82, 2.24) is 0 Å². The summed E-state index contributed by atoms with van der Waals surface area (Å²) in [4.78, 5) is 0. The number of ether oxygens (including phenoxy) is 6. The molecule has 0 amide bonds. The molecule has 0 aliphatic carbocycles. The maximum absolute atomic E-state index is 9.67. The fraction of sp³-hybridized carbons (Fsp3) is 0.133. The Bertz CT molecular complexity index is 3400. The molecule has 9 heteroatoms. The van der Waals surface area contributed by atoms with Crippen molar-refractivity contribution in [3.05, 3.63) is 182 Å². The normalized spacial score (nSPS) is 11.5. The van der Waals surface area contributed by atoms with Crippen LogP contribution in [0.4, 0.5) is 0 Å². The van der Waals surface area contributed by atoms with E-state index in [1.165, 1.54) is 0 Å². The van der Waals surface area contributed by atoms with Gasteiger partial charge in [-0.3, -0.25) is 0 Å². The van der Waals surface area contributed by atoms with E-state index in [0.29, 0.717) is 37.9 Å². The van der Waals surface area contributed by atoms with Crippen LogP contribution in [0.5, 0.6) is 34.5 Å². The summed E-state index contributed by atoms with van der Waals surface area (Å²) in [5.41, 5.74) is 3.73. The third kappa shape index (κ3) is 8.80. The molecule has 0 saturated heterocycles.